The van der Waals surface area contributed by atoms with Crippen molar-refractivity contribution in [3.05, 3.63) is 65.7 Å². The topological polar surface area (TPSA) is 47.3 Å². The first-order valence-corrected chi connectivity index (χ1v) is 6.15. The number of benzene rings is 2. The molecule has 3 heteroatoms. The third-order valence-corrected chi connectivity index (χ3v) is 3.39. The third kappa shape index (κ3) is 1.98. The lowest BCUT2D eigenvalue weighted by atomic mass is 9.93. The molecule has 0 saturated heterocycles. The highest BCUT2D eigenvalue weighted by molar-refractivity contribution is 5.39. The number of para-hydroxylation sites is 1. The first-order valence-electron chi connectivity index (χ1n) is 6.15. The van der Waals surface area contributed by atoms with Crippen LogP contribution in [0.25, 0.3) is 0 Å². The van der Waals surface area contributed by atoms with Crippen molar-refractivity contribution in [2.24, 2.45) is 5.84 Å². The SMILES string of the molecule is NN[C@@H]1C[C@@H](c2ccccc2)Oc2ccccc21. The molecule has 0 fully saturated rings. The summed E-state index contributed by atoms with van der Waals surface area (Å²) in [5.74, 6) is 6.57. The van der Waals surface area contributed by atoms with Crippen LogP contribution in [0.15, 0.2) is 54.6 Å². The van der Waals surface area contributed by atoms with Crippen molar-refractivity contribution < 1.29 is 4.74 Å². The zero-order valence-electron chi connectivity index (χ0n) is 10.0. The average Bonchev–Trinajstić information content (AvgIpc) is 2.47. The Kier molecular flexibility index (Phi) is 3.00. The van der Waals surface area contributed by atoms with Crippen molar-refractivity contribution in [1.82, 2.24) is 5.43 Å². The van der Waals surface area contributed by atoms with E-state index in [4.69, 9.17) is 10.6 Å². The molecule has 1 aliphatic rings. The Hall–Kier alpha value is -1.84. The van der Waals surface area contributed by atoms with Crippen LogP contribution in [0, 0.1) is 0 Å². The first kappa shape index (κ1) is 11.3. The van der Waals surface area contributed by atoms with Gasteiger partial charge >= 0.3 is 0 Å². The normalized spacial score (nSPS) is 22.1. The van der Waals surface area contributed by atoms with E-state index in [2.05, 4.69) is 23.6 Å². The van der Waals surface area contributed by atoms with Gasteiger partial charge in [0.2, 0.25) is 0 Å². The second-order valence-electron chi connectivity index (χ2n) is 4.51. The number of rotatable bonds is 2. The van der Waals surface area contributed by atoms with Crippen molar-refractivity contribution in [2.45, 2.75) is 18.6 Å². The van der Waals surface area contributed by atoms with E-state index in [1.807, 2.05) is 36.4 Å². The number of hydrazine groups is 1. The maximum Gasteiger partial charge on any atom is 0.126 e. The molecule has 0 saturated carbocycles. The fourth-order valence-electron chi connectivity index (χ4n) is 2.45. The fraction of sp³-hybridized carbons (Fsp3) is 0.200. The van der Waals surface area contributed by atoms with E-state index in [-0.39, 0.29) is 12.1 Å². The minimum atomic E-state index is 0.0575. The molecule has 2 atom stereocenters. The second kappa shape index (κ2) is 4.80. The van der Waals surface area contributed by atoms with Crippen molar-refractivity contribution >= 4 is 0 Å². The molecule has 0 amide bonds. The van der Waals surface area contributed by atoms with E-state index in [9.17, 15) is 0 Å². The molecule has 0 aromatic heterocycles. The predicted octanol–water partition coefficient (Wildman–Crippen LogP) is 2.71. The van der Waals surface area contributed by atoms with Crippen molar-refractivity contribution in [3.63, 3.8) is 0 Å². The van der Waals surface area contributed by atoms with Crippen LogP contribution in [0.1, 0.15) is 29.7 Å². The van der Waals surface area contributed by atoms with Crippen LogP contribution in [-0.2, 0) is 0 Å². The lowest BCUT2D eigenvalue weighted by Crippen LogP contribution is -2.33. The van der Waals surface area contributed by atoms with Gasteiger partial charge in [0.05, 0.1) is 6.04 Å². The van der Waals surface area contributed by atoms with Gasteiger partial charge in [0.1, 0.15) is 11.9 Å². The van der Waals surface area contributed by atoms with E-state index >= 15 is 0 Å². The molecule has 0 bridgehead atoms. The number of nitrogens with one attached hydrogen (secondary N) is 1. The Morgan fingerprint density at radius 1 is 1.00 bits per heavy atom. The summed E-state index contributed by atoms with van der Waals surface area (Å²) >= 11 is 0. The van der Waals surface area contributed by atoms with Gasteiger partial charge < -0.3 is 4.74 Å². The van der Waals surface area contributed by atoms with Crippen molar-refractivity contribution in [1.29, 1.82) is 0 Å². The van der Waals surface area contributed by atoms with Gasteiger partial charge in [-0.3, -0.25) is 11.3 Å². The molecule has 0 aliphatic carbocycles. The quantitative estimate of drug-likeness (QED) is 0.626. The van der Waals surface area contributed by atoms with Crippen molar-refractivity contribution in [2.75, 3.05) is 0 Å². The molecule has 2 aromatic rings. The van der Waals surface area contributed by atoms with Gasteiger partial charge in [0.25, 0.3) is 0 Å². The van der Waals surface area contributed by atoms with Gasteiger partial charge in [-0.05, 0) is 11.6 Å². The lowest BCUT2D eigenvalue weighted by molar-refractivity contribution is 0.151. The van der Waals surface area contributed by atoms with Crippen LogP contribution in [0.2, 0.25) is 0 Å². The largest absolute Gasteiger partial charge is 0.485 e. The maximum absolute atomic E-state index is 6.05. The molecule has 0 spiro atoms. The Bertz CT molecular complexity index is 527. The van der Waals surface area contributed by atoms with E-state index in [0.717, 1.165) is 17.7 Å². The summed E-state index contributed by atoms with van der Waals surface area (Å²) in [6.07, 6.45) is 0.902. The van der Waals surface area contributed by atoms with Crippen LogP contribution >= 0.6 is 0 Å². The van der Waals surface area contributed by atoms with Gasteiger partial charge in [-0.1, -0.05) is 48.5 Å². The molecular formula is C15H16N2O. The average molecular weight is 240 g/mol. The Morgan fingerprint density at radius 3 is 2.50 bits per heavy atom. The molecule has 1 heterocycles. The smallest absolute Gasteiger partial charge is 0.126 e. The molecule has 92 valence electrons. The lowest BCUT2D eigenvalue weighted by Gasteiger charge is -2.32. The van der Waals surface area contributed by atoms with Gasteiger partial charge in [0.15, 0.2) is 0 Å². The number of nitrogens with two attached hydrogens (primary N) is 1. The molecule has 3 nitrogen and oxygen atoms in total. The maximum atomic E-state index is 6.05. The Balaban J connectivity index is 1.95. The number of fused-ring (bicyclic) bond motifs is 1. The van der Waals surface area contributed by atoms with Gasteiger partial charge in [-0.25, -0.2) is 0 Å². The van der Waals surface area contributed by atoms with Gasteiger partial charge in [-0.2, -0.15) is 0 Å². The predicted molar refractivity (Wildman–Crippen MR) is 70.9 cm³/mol. The molecular weight excluding hydrogens is 224 g/mol. The van der Waals surface area contributed by atoms with Crippen LogP contribution in [0.5, 0.6) is 5.75 Å². The van der Waals surface area contributed by atoms with Crippen LogP contribution in [0.3, 0.4) is 0 Å². The highest BCUT2D eigenvalue weighted by atomic mass is 16.5. The summed E-state index contributed by atoms with van der Waals surface area (Å²) in [7, 11) is 0. The van der Waals surface area contributed by atoms with E-state index in [1.165, 1.54) is 5.56 Å². The Labute approximate surface area is 107 Å². The monoisotopic (exact) mass is 240 g/mol. The van der Waals surface area contributed by atoms with Crippen molar-refractivity contribution in [3.8, 4) is 5.75 Å². The highest BCUT2D eigenvalue weighted by Crippen LogP contribution is 2.39. The van der Waals surface area contributed by atoms with Gasteiger partial charge in [0, 0.05) is 12.0 Å². The van der Waals surface area contributed by atoms with Gasteiger partial charge in [-0.15, -0.1) is 0 Å². The summed E-state index contributed by atoms with van der Waals surface area (Å²) in [5, 5.41) is 0. The molecule has 3 N–H and O–H groups in total. The summed E-state index contributed by atoms with van der Waals surface area (Å²) in [4.78, 5) is 0. The number of hydrogen-bond donors (Lipinski definition) is 2. The fourth-order valence-corrected chi connectivity index (χ4v) is 2.45. The van der Waals surface area contributed by atoms with Crippen LogP contribution in [0.4, 0.5) is 0 Å². The van der Waals surface area contributed by atoms with Crippen LogP contribution < -0.4 is 16.0 Å². The molecule has 0 unspecified atom stereocenters. The molecule has 18 heavy (non-hydrogen) atoms. The number of ether oxygens (including phenoxy) is 1. The van der Waals surface area contributed by atoms with E-state index in [1.54, 1.807) is 0 Å². The summed E-state index contributed by atoms with van der Waals surface area (Å²) in [5.41, 5.74) is 5.20. The molecule has 0 radical (unpaired) electrons. The summed E-state index contributed by atoms with van der Waals surface area (Å²) in [6, 6.07) is 18.4. The number of hydrogen-bond acceptors (Lipinski definition) is 3. The molecule has 1 aliphatic heterocycles. The minimum Gasteiger partial charge on any atom is -0.485 e. The summed E-state index contributed by atoms with van der Waals surface area (Å²) < 4.78 is 6.05. The second-order valence-corrected chi connectivity index (χ2v) is 4.51. The minimum absolute atomic E-state index is 0.0575. The van der Waals surface area contributed by atoms with E-state index in [0.29, 0.717) is 0 Å². The zero-order chi connectivity index (χ0) is 12.4. The third-order valence-electron chi connectivity index (χ3n) is 3.39. The summed E-state index contributed by atoms with van der Waals surface area (Å²) in [6.45, 7) is 0. The zero-order valence-corrected chi connectivity index (χ0v) is 10.0. The Morgan fingerprint density at radius 2 is 1.72 bits per heavy atom. The first-order chi connectivity index (χ1) is 8.88. The molecule has 2 aromatic carbocycles. The highest BCUT2D eigenvalue weighted by Gasteiger charge is 2.28. The molecule has 3 rings (SSSR count). The van der Waals surface area contributed by atoms with E-state index < -0.39 is 0 Å². The standard InChI is InChI=1S/C15H16N2O/c16-17-13-10-15(11-6-2-1-3-7-11)18-14-9-5-4-8-12(13)14/h1-9,13,15,17H,10,16H2/t13-,15+/m1/s1. The van der Waals surface area contributed by atoms with Crippen LogP contribution in [-0.4, -0.2) is 0 Å².